The summed E-state index contributed by atoms with van der Waals surface area (Å²) in [6, 6.07) is -0.156. The van der Waals surface area contributed by atoms with Gasteiger partial charge in [-0.05, 0) is 12.8 Å². The van der Waals surface area contributed by atoms with Crippen molar-refractivity contribution in [1.29, 1.82) is 0 Å². The first kappa shape index (κ1) is 13.8. The van der Waals surface area contributed by atoms with Crippen molar-refractivity contribution < 1.29 is 9.59 Å². The Labute approximate surface area is 102 Å². The van der Waals surface area contributed by atoms with Crippen LogP contribution in [0, 0.1) is 5.41 Å². The highest BCUT2D eigenvalue weighted by atomic mass is 16.2. The zero-order chi connectivity index (χ0) is 12.9. The second-order valence-electron chi connectivity index (χ2n) is 4.72. The topological polar surface area (TPSA) is 87.5 Å². The molecule has 0 aromatic heterocycles. The number of rotatable bonds is 5. The molecule has 6 heteroatoms. The van der Waals surface area contributed by atoms with Crippen LogP contribution in [-0.4, -0.2) is 50.6 Å². The fourth-order valence-corrected chi connectivity index (χ4v) is 1.82. The molecule has 1 saturated carbocycles. The Balaban J connectivity index is 2.18. The van der Waals surface area contributed by atoms with Gasteiger partial charge in [0.05, 0.1) is 5.41 Å². The lowest BCUT2D eigenvalue weighted by molar-refractivity contribution is -0.135. The number of hydrogen-bond donors (Lipinski definition) is 3. The molecule has 0 aromatic carbocycles. The summed E-state index contributed by atoms with van der Waals surface area (Å²) < 4.78 is 0. The van der Waals surface area contributed by atoms with Crippen LogP contribution in [0.1, 0.15) is 19.3 Å². The fourth-order valence-electron chi connectivity index (χ4n) is 1.82. The van der Waals surface area contributed by atoms with E-state index in [1.54, 1.807) is 14.1 Å². The molecule has 0 spiro atoms. The maximum atomic E-state index is 11.8. The molecular weight excluding hydrogens is 220 g/mol. The standard InChI is InChI=1S/C11H22N4O2/c1-15(2)10(17)14-7-6-13-9(16)11(8-12)4-3-5-11/h3-8,12H2,1-2H3,(H,13,16)(H,14,17). The van der Waals surface area contributed by atoms with Crippen LogP contribution >= 0.6 is 0 Å². The molecule has 0 bridgehead atoms. The Bertz CT molecular complexity index is 282. The zero-order valence-electron chi connectivity index (χ0n) is 10.6. The average Bonchev–Trinajstić information content (AvgIpc) is 2.23. The van der Waals surface area contributed by atoms with E-state index in [4.69, 9.17) is 5.73 Å². The molecule has 6 nitrogen and oxygen atoms in total. The van der Waals surface area contributed by atoms with Gasteiger partial charge in [-0.25, -0.2) is 4.79 Å². The summed E-state index contributed by atoms with van der Waals surface area (Å²) in [4.78, 5) is 24.5. The molecule has 17 heavy (non-hydrogen) atoms. The van der Waals surface area contributed by atoms with Crippen molar-refractivity contribution in [3.63, 3.8) is 0 Å². The lowest BCUT2D eigenvalue weighted by atomic mass is 9.68. The van der Waals surface area contributed by atoms with Crippen LogP contribution in [0.3, 0.4) is 0 Å². The van der Waals surface area contributed by atoms with Crippen molar-refractivity contribution in [2.24, 2.45) is 11.1 Å². The third kappa shape index (κ3) is 3.33. The Morgan fingerprint density at radius 1 is 1.24 bits per heavy atom. The Morgan fingerprint density at radius 3 is 2.24 bits per heavy atom. The van der Waals surface area contributed by atoms with E-state index in [0.717, 1.165) is 19.3 Å². The lowest BCUT2D eigenvalue weighted by Crippen LogP contribution is -2.51. The second kappa shape index (κ2) is 5.86. The van der Waals surface area contributed by atoms with Crippen LogP contribution in [0.5, 0.6) is 0 Å². The minimum Gasteiger partial charge on any atom is -0.354 e. The largest absolute Gasteiger partial charge is 0.354 e. The van der Waals surface area contributed by atoms with Crippen molar-refractivity contribution >= 4 is 11.9 Å². The third-order valence-corrected chi connectivity index (χ3v) is 3.28. The second-order valence-corrected chi connectivity index (χ2v) is 4.72. The van der Waals surface area contributed by atoms with E-state index in [-0.39, 0.29) is 17.4 Å². The Morgan fingerprint density at radius 2 is 1.82 bits per heavy atom. The highest BCUT2D eigenvalue weighted by molar-refractivity contribution is 5.83. The molecule has 0 aliphatic heterocycles. The van der Waals surface area contributed by atoms with E-state index < -0.39 is 0 Å². The first-order valence-corrected chi connectivity index (χ1v) is 5.95. The number of amides is 3. The summed E-state index contributed by atoms with van der Waals surface area (Å²) in [6.07, 6.45) is 2.82. The van der Waals surface area contributed by atoms with Crippen molar-refractivity contribution in [3.05, 3.63) is 0 Å². The Kier molecular flexibility index (Phi) is 4.74. The number of urea groups is 1. The number of nitrogens with two attached hydrogens (primary N) is 1. The van der Waals surface area contributed by atoms with Gasteiger partial charge in [0.15, 0.2) is 0 Å². The summed E-state index contributed by atoms with van der Waals surface area (Å²) in [5.74, 6) is 0.0188. The number of nitrogens with one attached hydrogen (secondary N) is 2. The van der Waals surface area contributed by atoms with Crippen LogP contribution in [-0.2, 0) is 4.79 Å². The maximum Gasteiger partial charge on any atom is 0.316 e. The Hall–Kier alpha value is -1.30. The van der Waals surface area contributed by atoms with Crippen molar-refractivity contribution in [1.82, 2.24) is 15.5 Å². The van der Waals surface area contributed by atoms with E-state index in [2.05, 4.69) is 10.6 Å². The highest BCUT2D eigenvalue weighted by Crippen LogP contribution is 2.39. The summed E-state index contributed by atoms with van der Waals surface area (Å²) >= 11 is 0. The van der Waals surface area contributed by atoms with Gasteiger partial charge in [0, 0.05) is 33.7 Å². The predicted octanol–water partition coefficient (Wildman–Crippen LogP) is -0.497. The van der Waals surface area contributed by atoms with E-state index >= 15 is 0 Å². The third-order valence-electron chi connectivity index (χ3n) is 3.28. The number of carbonyl (C=O) groups excluding carboxylic acids is 2. The van der Waals surface area contributed by atoms with Gasteiger partial charge in [0.2, 0.25) is 5.91 Å². The minimum atomic E-state index is -0.342. The fraction of sp³-hybridized carbons (Fsp3) is 0.818. The molecule has 0 atom stereocenters. The van der Waals surface area contributed by atoms with Crippen LogP contribution in [0.15, 0.2) is 0 Å². The molecule has 1 aliphatic carbocycles. The zero-order valence-corrected chi connectivity index (χ0v) is 10.6. The number of carbonyl (C=O) groups is 2. The lowest BCUT2D eigenvalue weighted by Gasteiger charge is -2.39. The minimum absolute atomic E-state index is 0.0188. The quantitative estimate of drug-likeness (QED) is 0.568. The number of hydrogen-bond acceptors (Lipinski definition) is 3. The van der Waals surface area contributed by atoms with Crippen LogP contribution in [0.2, 0.25) is 0 Å². The monoisotopic (exact) mass is 242 g/mol. The van der Waals surface area contributed by atoms with Gasteiger partial charge >= 0.3 is 6.03 Å². The van der Waals surface area contributed by atoms with E-state index in [0.29, 0.717) is 19.6 Å². The molecular formula is C11H22N4O2. The van der Waals surface area contributed by atoms with Gasteiger partial charge in [0.25, 0.3) is 0 Å². The van der Waals surface area contributed by atoms with E-state index in [9.17, 15) is 9.59 Å². The molecule has 3 amide bonds. The molecule has 0 saturated heterocycles. The normalized spacial score (nSPS) is 16.9. The molecule has 1 fully saturated rings. The van der Waals surface area contributed by atoms with Crippen molar-refractivity contribution in [2.45, 2.75) is 19.3 Å². The summed E-state index contributed by atoms with van der Waals surface area (Å²) in [5.41, 5.74) is 5.28. The van der Waals surface area contributed by atoms with Gasteiger partial charge in [-0.1, -0.05) is 6.42 Å². The smallest absolute Gasteiger partial charge is 0.316 e. The van der Waals surface area contributed by atoms with Crippen molar-refractivity contribution in [3.8, 4) is 0 Å². The molecule has 4 N–H and O–H groups in total. The van der Waals surface area contributed by atoms with Crippen LogP contribution in [0.4, 0.5) is 4.79 Å². The summed E-state index contributed by atoms with van der Waals surface area (Å²) in [6.45, 7) is 1.28. The first-order valence-electron chi connectivity index (χ1n) is 5.95. The number of nitrogens with zero attached hydrogens (tertiary/aromatic N) is 1. The maximum absolute atomic E-state index is 11.8. The molecule has 0 heterocycles. The van der Waals surface area contributed by atoms with Gasteiger partial charge in [-0.3, -0.25) is 4.79 Å². The van der Waals surface area contributed by atoms with Crippen molar-refractivity contribution in [2.75, 3.05) is 33.7 Å². The van der Waals surface area contributed by atoms with Crippen LogP contribution in [0.25, 0.3) is 0 Å². The van der Waals surface area contributed by atoms with Gasteiger partial charge in [-0.15, -0.1) is 0 Å². The average molecular weight is 242 g/mol. The van der Waals surface area contributed by atoms with E-state index in [1.807, 2.05) is 0 Å². The van der Waals surface area contributed by atoms with E-state index in [1.165, 1.54) is 4.90 Å². The summed E-state index contributed by atoms with van der Waals surface area (Å²) in [7, 11) is 3.34. The molecule has 0 aromatic rings. The van der Waals surface area contributed by atoms with Gasteiger partial charge in [0.1, 0.15) is 0 Å². The predicted molar refractivity (Wildman–Crippen MR) is 65.4 cm³/mol. The molecule has 0 radical (unpaired) electrons. The van der Waals surface area contributed by atoms with Crippen LogP contribution < -0.4 is 16.4 Å². The summed E-state index contributed by atoms with van der Waals surface area (Å²) in [5, 5.41) is 5.50. The van der Waals surface area contributed by atoms with Gasteiger partial charge in [-0.2, -0.15) is 0 Å². The molecule has 1 aliphatic rings. The molecule has 98 valence electrons. The van der Waals surface area contributed by atoms with Gasteiger partial charge < -0.3 is 21.3 Å². The SMILES string of the molecule is CN(C)C(=O)NCCNC(=O)C1(CN)CCC1. The molecule has 0 unspecified atom stereocenters. The molecule has 1 rings (SSSR count). The highest BCUT2D eigenvalue weighted by Gasteiger charge is 2.42. The first-order chi connectivity index (χ1) is 8.02.